The highest BCUT2D eigenvalue weighted by Gasteiger charge is 2.16. The summed E-state index contributed by atoms with van der Waals surface area (Å²) in [5, 5.41) is 15.3. The normalized spacial score (nSPS) is 15.0. The van der Waals surface area contributed by atoms with E-state index in [0.717, 1.165) is 18.7 Å². The monoisotopic (exact) mass is 291 g/mol. The van der Waals surface area contributed by atoms with Gasteiger partial charge in [-0.3, -0.25) is 0 Å². The van der Waals surface area contributed by atoms with Crippen molar-refractivity contribution in [3.05, 3.63) is 23.8 Å². The van der Waals surface area contributed by atoms with E-state index in [1.807, 2.05) is 26.0 Å². The molecule has 1 aromatic rings. The van der Waals surface area contributed by atoms with Crippen LogP contribution in [-0.4, -0.2) is 37.4 Å². The van der Waals surface area contributed by atoms with E-state index < -0.39 is 0 Å². The highest BCUT2D eigenvalue weighted by molar-refractivity contribution is 5.90. The number of fused-ring (bicyclic) bond motifs is 1. The summed E-state index contributed by atoms with van der Waals surface area (Å²) < 4.78 is 0. The molecule has 0 saturated heterocycles. The Morgan fingerprint density at radius 2 is 2.19 bits per heavy atom. The number of carbonyl (C=O) groups is 1. The van der Waals surface area contributed by atoms with Gasteiger partial charge in [0.1, 0.15) is 0 Å². The van der Waals surface area contributed by atoms with Gasteiger partial charge in [-0.25, -0.2) is 4.79 Å². The van der Waals surface area contributed by atoms with E-state index in [1.54, 1.807) is 0 Å². The third kappa shape index (κ3) is 4.11. The van der Waals surface area contributed by atoms with Crippen LogP contribution in [0.5, 0.6) is 0 Å². The van der Waals surface area contributed by atoms with Gasteiger partial charge in [-0.15, -0.1) is 0 Å². The topological polar surface area (TPSA) is 64.6 Å². The van der Waals surface area contributed by atoms with Gasteiger partial charge >= 0.3 is 6.03 Å². The van der Waals surface area contributed by atoms with Crippen LogP contribution >= 0.6 is 0 Å². The highest BCUT2D eigenvalue weighted by atomic mass is 16.3. The third-order valence-electron chi connectivity index (χ3n) is 3.97. The zero-order chi connectivity index (χ0) is 15.4. The summed E-state index contributed by atoms with van der Waals surface area (Å²) in [4.78, 5) is 14.0. The first-order chi connectivity index (χ1) is 9.97. The van der Waals surface area contributed by atoms with Gasteiger partial charge in [0.25, 0.3) is 0 Å². The Morgan fingerprint density at radius 3 is 2.90 bits per heavy atom. The summed E-state index contributed by atoms with van der Waals surface area (Å²) >= 11 is 0. The van der Waals surface area contributed by atoms with Crippen molar-refractivity contribution in [1.82, 2.24) is 5.32 Å². The fraction of sp³-hybridized carbons (Fsp3) is 0.562. The van der Waals surface area contributed by atoms with Crippen molar-refractivity contribution in [3.63, 3.8) is 0 Å². The Hall–Kier alpha value is -1.75. The maximum atomic E-state index is 11.8. The first-order valence-corrected chi connectivity index (χ1v) is 7.54. The summed E-state index contributed by atoms with van der Waals surface area (Å²) in [6.45, 7) is 5.42. The van der Waals surface area contributed by atoms with Crippen LogP contribution < -0.4 is 15.5 Å². The van der Waals surface area contributed by atoms with Crippen LogP contribution in [0.1, 0.15) is 25.8 Å². The Kier molecular flexibility index (Phi) is 5.07. The molecule has 0 bridgehead atoms. The van der Waals surface area contributed by atoms with E-state index in [0.29, 0.717) is 13.0 Å². The van der Waals surface area contributed by atoms with Crippen molar-refractivity contribution in [3.8, 4) is 0 Å². The van der Waals surface area contributed by atoms with Crippen LogP contribution in [0.15, 0.2) is 18.2 Å². The number of benzene rings is 1. The minimum absolute atomic E-state index is 0.210. The molecule has 5 nitrogen and oxygen atoms in total. The van der Waals surface area contributed by atoms with Crippen LogP contribution in [0.4, 0.5) is 16.2 Å². The fourth-order valence-electron chi connectivity index (χ4n) is 2.46. The van der Waals surface area contributed by atoms with Crippen LogP contribution in [0, 0.1) is 5.92 Å². The van der Waals surface area contributed by atoms with E-state index in [1.165, 1.54) is 11.3 Å². The molecule has 3 N–H and O–H groups in total. The summed E-state index contributed by atoms with van der Waals surface area (Å²) in [5.74, 6) is 0.210. The molecule has 1 unspecified atom stereocenters. The van der Waals surface area contributed by atoms with Gasteiger partial charge in [0, 0.05) is 31.5 Å². The quantitative estimate of drug-likeness (QED) is 0.779. The molecule has 0 spiro atoms. The molecule has 1 heterocycles. The number of urea groups is 1. The number of rotatable bonds is 5. The largest absolute Gasteiger partial charge is 0.393 e. The van der Waals surface area contributed by atoms with Crippen molar-refractivity contribution in [2.75, 3.05) is 30.4 Å². The zero-order valence-corrected chi connectivity index (χ0v) is 13.0. The smallest absolute Gasteiger partial charge is 0.319 e. The molecule has 2 rings (SSSR count). The van der Waals surface area contributed by atoms with E-state index in [4.69, 9.17) is 0 Å². The van der Waals surface area contributed by atoms with Crippen molar-refractivity contribution >= 4 is 17.4 Å². The second kappa shape index (κ2) is 6.80. The number of hydrogen-bond donors (Lipinski definition) is 3. The standard InChI is InChI=1S/C16H25N3O2/c1-11(2)15(20)6-8-17-16(21)18-13-5-4-12-7-9-19(3)14(12)10-13/h4-5,10-11,15,20H,6-9H2,1-3H3,(H2,17,18,21). The Labute approximate surface area is 126 Å². The number of hydrogen-bond acceptors (Lipinski definition) is 3. The van der Waals surface area contributed by atoms with Crippen LogP contribution in [0.25, 0.3) is 0 Å². The number of likely N-dealkylation sites (N-methyl/N-ethyl adjacent to an activating group) is 1. The van der Waals surface area contributed by atoms with Gasteiger partial charge in [0.2, 0.25) is 0 Å². The third-order valence-corrected chi connectivity index (χ3v) is 3.97. The van der Waals surface area contributed by atoms with E-state index in [2.05, 4.69) is 28.6 Å². The van der Waals surface area contributed by atoms with Gasteiger partial charge in [-0.05, 0) is 36.5 Å². The number of carbonyl (C=O) groups excluding carboxylic acids is 1. The molecule has 0 fully saturated rings. The van der Waals surface area contributed by atoms with Crippen molar-refractivity contribution < 1.29 is 9.90 Å². The molecule has 0 radical (unpaired) electrons. The van der Waals surface area contributed by atoms with Crippen molar-refractivity contribution in [2.24, 2.45) is 5.92 Å². The second-order valence-corrected chi connectivity index (χ2v) is 6.00. The Morgan fingerprint density at radius 1 is 1.43 bits per heavy atom. The fourth-order valence-corrected chi connectivity index (χ4v) is 2.46. The van der Waals surface area contributed by atoms with Gasteiger partial charge in [0.15, 0.2) is 0 Å². The summed E-state index contributed by atoms with van der Waals surface area (Å²) in [6.07, 6.45) is 1.25. The molecule has 0 aromatic heterocycles. The predicted octanol–water partition coefficient (Wildman–Crippen LogP) is 2.21. The van der Waals surface area contributed by atoms with E-state index in [-0.39, 0.29) is 18.1 Å². The average molecular weight is 291 g/mol. The maximum absolute atomic E-state index is 11.8. The number of amides is 2. The lowest BCUT2D eigenvalue weighted by molar-refractivity contribution is 0.117. The highest BCUT2D eigenvalue weighted by Crippen LogP contribution is 2.29. The van der Waals surface area contributed by atoms with Gasteiger partial charge in [0.05, 0.1) is 6.10 Å². The SMILES string of the molecule is CC(C)C(O)CCNC(=O)Nc1ccc2c(c1)N(C)CC2. The zero-order valence-electron chi connectivity index (χ0n) is 13.0. The number of aliphatic hydroxyl groups excluding tert-OH is 1. The molecule has 5 heteroatoms. The van der Waals surface area contributed by atoms with Gasteiger partial charge in [-0.2, -0.15) is 0 Å². The number of nitrogens with one attached hydrogen (secondary N) is 2. The van der Waals surface area contributed by atoms with Crippen LogP contribution in [0.3, 0.4) is 0 Å². The molecule has 1 aliphatic rings. The van der Waals surface area contributed by atoms with Gasteiger partial charge < -0.3 is 20.6 Å². The second-order valence-electron chi connectivity index (χ2n) is 6.00. The van der Waals surface area contributed by atoms with Crippen LogP contribution in [0.2, 0.25) is 0 Å². The van der Waals surface area contributed by atoms with Crippen LogP contribution in [-0.2, 0) is 6.42 Å². The first-order valence-electron chi connectivity index (χ1n) is 7.54. The molecule has 21 heavy (non-hydrogen) atoms. The summed E-state index contributed by atoms with van der Waals surface area (Å²) in [6, 6.07) is 5.77. The number of anilines is 2. The molecule has 116 valence electrons. The average Bonchev–Trinajstić information content (AvgIpc) is 2.80. The minimum atomic E-state index is -0.376. The molecule has 1 aliphatic heterocycles. The van der Waals surface area contributed by atoms with Crippen molar-refractivity contribution in [2.45, 2.75) is 32.8 Å². The van der Waals surface area contributed by atoms with Gasteiger partial charge in [-0.1, -0.05) is 19.9 Å². The molecule has 0 aliphatic carbocycles. The van der Waals surface area contributed by atoms with E-state index >= 15 is 0 Å². The Bertz CT molecular complexity index is 502. The molecule has 0 saturated carbocycles. The predicted molar refractivity (Wildman–Crippen MR) is 85.9 cm³/mol. The lowest BCUT2D eigenvalue weighted by Crippen LogP contribution is -2.32. The maximum Gasteiger partial charge on any atom is 0.319 e. The summed E-state index contributed by atoms with van der Waals surface area (Å²) in [5.41, 5.74) is 3.30. The summed E-state index contributed by atoms with van der Waals surface area (Å²) in [7, 11) is 2.06. The number of aliphatic hydroxyl groups is 1. The lowest BCUT2D eigenvalue weighted by atomic mass is 10.0. The van der Waals surface area contributed by atoms with Crippen molar-refractivity contribution in [1.29, 1.82) is 0 Å². The minimum Gasteiger partial charge on any atom is -0.393 e. The number of nitrogens with zero attached hydrogens (tertiary/aromatic N) is 1. The molecule has 2 amide bonds. The first kappa shape index (κ1) is 15.6. The molecule has 1 atom stereocenters. The molecular weight excluding hydrogens is 266 g/mol. The van der Waals surface area contributed by atoms with E-state index in [9.17, 15) is 9.90 Å². The molecular formula is C16H25N3O2. The lowest BCUT2D eigenvalue weighted by Gasteiger charge is -2.15. The Balaban J connectivity index is 1.82. The molecule has 1 aromatic carbocycles.